The number of carbonyl (C=O) groups excluding carboxylic acids is 1. The van der Waals surface area contributed by atoms with Crippen LogP contribution in [0.25, 0.3) is 5.69 Å². The van der Waals surface area contributed by atoms with Gasteiger partial charge in [-0.1, -0.05) is 30.3 Å². The molecule has 1 aromatic heterocycles. The van der Waals surface area contributed by atoms with E-state index in [0.29, 0.717) is 18.9 Å². The zero-order valence-corrected chi connectivity index (χ0v) is 18.7. The van der Waals surface area contributed by atoms with E-state index in [1.165, 1.54) is 4.68 Å². The van der Waals surface area contributed by atoms with Gasteiger partial charge in [-0.15, -0.1) is 0 Å². The molecule has 1 aliphatic rings. The SMILES string of the molecule is CCOC(=O)CC1CCN(c2ccc(-n3cnn(C(C)c4ccccc4)c3=O)cc2)CC1. The van der Waals surface area contributed by atoms with Crippen LogP contribution in [0.5, 0.6) is 0 Å². The molecule has 3 aromatic rings. The number of nitrogens with zero attached hydrogens (tertiary/aromatic N) is 4. The summed E-state index contributed by atoms with van der Waals surface area (Å²) in [5.41, 5.74) is 2.80. The minimum atomic E-state index is -0.158. The lowest BCUT2D eigenvalue weighted by molar-refractivity contribution is -0.144. The van der Waals surface area contributed by atoms with E-state index in [2.05, 4.69) is 10.00 Å². The van der Waals surface area contributed by atoms with Gasteiger partial charge in [0.05, 0.1) is 18.3 Å². The van der Waals surface area contributed by atoms with Crippen molar-refractivity contribution in [2.45, 2.75) is 39.2 Å². The molecule has 7 heteroatoms. The number of hydrogen-bond acceptors (Lipinski definition) is 5. The number of aromatic nitrogens is 3. The zero-order valence-electron chi connectivity index (χ0n) is 18.7. The predicted molar refractivity (Wildman–Crippen MR) is 124 cm³/mol. The number of ether oxygens (including phenoxy) is 1. The van der Waals surface area contributed by atoms with Crippen molar-refractivity contribution < 1.29 is 9.53 Å². The maximum absolute atomic E-state index is 13.0. The summed E-state index contributed by atoms with van der Waals surface area (Å²) in [6, 6.07) is 17.8. The van der Waals surface area contributed by atoms with E-state index >= 15 is 0 Å². The Balaban J connectivity index is 1.41. The highest BCUT2D eigenvalue weighted by Crippen LogP contribution is 2.26. The van der Waals surface area contributed by atoms with Gasteiger partial charge in [0.25, 0.3) is 0 Å². The lowest BCUT2D eigenvalue weighted by atomic mass is 9.93. The summed E-state index contributed by atoms with van der Waals surface area (Å²) in [6.07, 6.45) is 4.04. The van der Waals surface area contributed by atoms with Crippen LogP contribution in [0.2, 0.25) is 0 Å². The number of carbonyl (C=O) groups is 1. The molecule has 168 valence electrons. The molecule has 0 aliphatic carbocycles. The van der Waals surface area contributed by atoms with Gasteiger partial charge < -0.3 is 9.64 Å². The lowest BCUT2D eigenvalue weighted by Crippen LogP contribution is -2.34. The molecule has 2 heterocycles. The van der Waals surface area contributed by atoms with Gasteiger partial charge in [-0.2, -0.15) is 5.10 Å². The second-order valence-corrected chi connectivity index (χ2v) is 8.27. The van der Waals surface area contributed by atoms with Crippen molar-refractivity contribution in [2.24, 2.45) is 5.92 Å². The molecule has 32 heavy (non-hydrogen) atoms. The number of hydrogen-bond donors (Lipinski definition) is 0. The van der Waals surface area contributed by atoms with Gasteiger partial charge in [-0.05, 0) is 62.4 Å². The van der Waals surface area contributed by atoms with Gasteiger partial charge in [0, 0.05) is 25.2 Å². The van der Waals surface area contributed by atoms with E-state index in [9.17, 15) is 9.59 Å². The van der Waals surface area contributed by atoms with Gasteiger partial charge in [-0.3, -0.25) is 4.79 Å². The van der Waals surface area contributed by atoms with Crippen molar-refractivity contribution in [1.82, 2.24) is 14.3 Å². The number of benzene rings is 2. The van der Waals surface area contributed by atoms with E-state index in [4.69, 9.17) is 4.74 Å². The first-order chi connectivity index (χ1) is 15.6. The summed E-state index contributed by atoms with van der Waals surface area (Å²) in [5, 5.41) is 4.34. The minimum absolute atomic E-state index is 0.0946. The van der Waals surface area contributed by atoms with Gasteiger partial charge in [0.1, 0.15) is 6.33 Å². The van der Waals surface area contributed by atoms with Crippen molar-refractivity contribution in [3.05, 3.63) is 77.0 Å². The molecule has 0 bridgehead atoms. The Labute approximate surface area is 188 Å². The molecule has 2 aromatic carbocycles. The zero-order chi connectivity index (χ0) is 22.5. The van der Waals surface area contributed by atoms with Gasteiger partial charge in [-0.25, -0.2) is 14.0 Å². The van der Waals surface area contributed by atoms with Crippen LogP contribution in [0, 0.1) is 5.92 Å². The molecule has 0 amide bonds. The largest absolute Gasteiger partial charge is 0.466 e. The number of rotatable bonds is 7. The molecule has 0 spiro atoms. The van der Waals surface area contributed by atoms with Crippen molar-refractivity contribution in [3.8, 4) is 5.69 Å². The Bertz CT molecular complexity index is 1080. The quantitative estimate of drug-likeness (QED) is 0.529. The summed E-state index contributed by atoms with van der Waals surface area (Å²) < 4.78 is 8.16. The molecular formula is C25H30N4O3. The topological polar surface area (TPSA) is 69.4 Å². The molecule has 1 unspecified atom stereocenters. The van der Waals surface area contributed by atoms with Gasteiger partial charge >= 0.3 is 11.7 Å². The Hall–Kier alpha value is -3.35. The summed E-state index contributed by atoms with van der Waals surface area (Å²) >= 11 is 0. The third kappa shape index (κ3) is 4.77. The maximum atomic E-state index is 13.0. The van der Waals surface area contributed by atoms with Crippen LogP contribution in [0.1, 0.15) is 44.7 Å². The van der Waals surface area contributed by atoms with Crippen LogP contribution in [-0.4, -0.2) is 40.0 Å². The smallest absolute Gasteiger partial charge is 0.350 e. The van der Waals surface area contributed by atoms with E-state index in [1.54, 1.807) is 10.9 Å². The van der Waals surface area contributed by atoms with Crippen LogP contribution in [0.15, 0.2) is 65.7 Å². The summed E-state index contributed by atoms with van der Waals surface area (Å²) in [5.74, 6) is 0.295. The molecule has 1 aliphatic heterocycles. The fourth-order valence-electron chi connectivity index (χ4n) is 4.31. The van der Waals surface area contributed by atoms with Crippen LogP contribution in [0.3, 0.4) is 0 Å². The third-order valence-electron chi connectivity index (χ3n) is 6.21. The molecule has 4 rings (SSSR count). The van der Waals surface area contributed by atoms with E-state index < -0.39 is 0 Å². The highest BCUT2D eigenvalue weighted by atomic mass is 16.5. The van der Waals surface area contributed by atoms with E-state index in [-0.39, 0.29) is 17.7 Å². The first kappa shape index (κ1) is 21.9. The standard InChI is InChI=1S/C25H30N4O3/c1-3-32-24(30)17-20-13-15-27(16-14-20)22-9-11-23(12-10-22)28-18-26-29(25(28)31)19(2)21-7-5-4-6-8-21/h4-12,18-20H,3,13-17H2,1-2H3. The van der Waals surface area contributed by atoms with Crippen LogP contribution in [0.4, 0.5) is 5.69 Å². The van der Waals surface area contributed by atoms with Crippen LogP contribution >= 0.6 is 0 Å². The van der Waals surface area contributed by atoms with Crippen molar-refractivity contribution in [1.29, 1.82) is 0 Å². The van der Waals surface area contributed by atoms with Gasteiger partial charge in [0.2, 0.25) is 0 Å². The minimum Gasteiger partial charge on any atom is -0.466 e. The molecule has 0 N–H and O–H groups in total. The molecule has 7 nitrogen and oxygen atoms in total. The van der Waals surface area contributed by atoms with Crippen LogP contribution < -0.4 is 10.6 Å². The number of piperidine rings is 1. The monoisotopic (exact) mass is 434 g/mol. The first-order valence-corrected chi connectivity index (χ1v) is 11.3. The number of esters is 1. The fourth-order valence-corrected chi connectivity index (χ4v) is 4.31. The van der Waals surface area contributed by atoms with Crippen molar-refractivity contribution in [3.63, 3.8) is 0 Å². The summed E-state index contributed by atoms with van der Waals surface area (Å²) in [7, 11) is 0. The molecule has 1 saturated heterocycles. The molecule has 1 atom stereocenters. The average molecular weight is 435 g/mol. The Morgan fingerprint density at radius 2 is 1.72 bits per heavy atom. The normalized spacial score (nSPS) is 15.5. The molecule has 1 fully saturated rings. The third-order valence-corrected chi connectivity index (χ3v) is 6.21. The van der Waals surface area contributed by atoms with Crippen molar-refractivity contribution >= 4 is 11.7 Å². The fraction of sp³-hybridized carbons (Fsp3) is 0.400. The predicted octanol–water partition coefficient (Wildman–Crippen LogP) is 3.81. The van der Waals surface area contributed by atoms with Crippen molar-refractivity contribution in [2.75, 3.05) is 24.6 Å². The highest BCUT2D eigenvalue weighted by molar-refractivity contribution is 5.69. The average Bonchev–Trinajstić information content (AvgIpc) is 3.21. The Morgan fingerprint density at radius 3 is 2.38 bits per heavy atom. The van der Waals surface area contributed by atoms with E-state index in [0.717, 1.165) is 42.9 Å². The number of anilines is 1. The Kier molecular flexibility index (Phi) is 6.73. The summed E-state index contributed by atoms with van der Waals surface area (Å²) in [4.78, 5) is 27.0. The highest BCUT2D eigenvalue weighted by Gasteiger charge is 2.22. The first-order valence-electron chi connectivity index (χ1n) is 11.3. The Morgan fingerprint density at radius 1 is 1.06 bits per heavy atom. The molecule has 0 saturated carbocycles. The van der Waals surface area contributed by atoms with Crippen LogP contribution in [-0.2, 0) is 9.53 Å². The molecule has 0 radical (unpaired) electrons. The second kappa shape index (κ2) is 9.85. The van der Waals surface area contributed by atoms with Gasteiger partial charge in [0.15, 0.2) is 0 Å². The molecular weight excluding hydrogens is 404 g/mol. The lowest BCUT2D eigenvalue weighted by Gasteiger charge is -2.33. The maximum Gasteiger partial charge on any atom is 0.350 e. The second-order valence-electron chi connectivity index (χ2n) is 8.27. The summed E-state index contributed by atoms with van der Waals surface area (Å²) in [6.45, 7) is 6.08. The van der Waals surface area contributed by atoms with E-state index in [1.807, 2.05) is 68.4 Å².